The summed E-state index contributed by atoms with van der Waals surface area (Å²) in [5.74, 6) is 0.286. The average Bonchev–Trinajstić information content (AvgIpc) is 3.60. The number of hydrogen-bond acceptors (Lipinski definition) is 6. The zero-order valence-electron chi connectivity index (χ0n) is 31.4. The summed E-state index contributed by atoms with van der Waals surface area (Å²) in [5.41, 5.74) is 5.17. The third-order valence-electron chi connectivity index (χ3n) is 11.0. The Morgan fingerprint density at radius 3 is 2.06 bits per heavy atom. The molecule has 0 fully saturated rings. The maximum Gasteiger partial charge on any atom is 0.164 e. The van der Waals surface area contributed by atoms with E-state index < -0.39 is 0 Å². The summed E-state index contributed by atoms with van der Waals surface area (Å²) in [6, 6.07) is 19.1. The minimum absolute atomic E-state index is 0. The molecular formula is C43H51IrN2O2S2-. The Balaban J connectivity index is 0.000000269. The SMILES string of the molecule is CCC(C)(CC)C(=O)/C=C(\O)C(C)(CC)CC.Cc1sc2cc3sc4c(-c5[c-]c6ccccc6c(C(C)(C)C)c5)ncnc4c3cc2c1C.[Ir]. The van der Waals surface area contributed by atoms with E-state index in [4.69, 9.17) is 9.97 Å². The van der Waals surface area contributed by atoms with E-state index in [-0.39, 0.29) is 47.9 Å². The molecule has 3 aromatic carbocycles. The molecule has 1 radical (unpaired) electrons. The number of hydrogen-bond donors (Lipinski definition) is 1. The molecule has 4 nitrogen and oxygen atoms in total. The first-order valence-corrected chi connectivity index (χ1v) is 19.2. The molecule has 0 unspecified atom stereocenters. The van der Waals surface area contributed by atoms with Crippen molar-refractivity contribution in [3.8, 4) is 11.3 Å². The van der Waals surface area contributed by atoms with Gasteiger partial charge in [-0.05, 0) is 68.0 Å². The van der Waals surface area contributed by atoms with Crippen LogP contribution in [0.15, 0.2) is 60.6 Å². The van der Waals surface area contributed by atoms with Gasteiger partial charge in [-0.15, -0.1) is 51.8 Å². The summed E-state index contributed by atoms with van der Waals surface area (Å²) in [6.45, 7) is 23.3. The van der Waals surface area contributed by atoms with Gasteiger partial charge in [0.25, 0.3) is 0 Å². The van der Waals surface area contributed by atoms with Crippen molar-refractivity contribution >= 4 is 69.6 Å². The number of carbonyl (C=O) groups excluding carboxylic acids is 1. The fourth-order valence-electron chi connectivity index (χ4n) is 6.27. The van der Waals surface area contributed by atoms with Crippen LogP contribution >= 0.6 is 22.7 Å². The number of allylic oxidation sites excluding steroid dienone is 2. The molecule has 267 valence electrons. The van der Waals surface area contributed by atoms with Gasteiger partial charge in [0.15, 0.2) is 5.78 Å². The van der Waals surface area contributed by atoms with Crippen LogP contribution in [0.5, 0.6) is 0 Å². The summed E-state index contributed by atoms with van der Waals surface area (Å²) in [4.78, 5) is 23.0. The third kappa shape index (κ3) is 7.48. The normalized spacial score (nSPS) is 12.7. The second kappa shape index (κ2) is 15.3. The zero-order chi connectivity index (χ0) is 35.9. The predicted molar refractivity (Wildman–Crippen MR) is 213 cm³/mol. The molecule has 0 bridgehead atoms. The molecule has 6 aromatic rings. The summed E-state index contributed by atoms with van der Waals surface area (Å²) >= 11 is 3.67. The van der Waals surface area contributed by atoms with E-state index in [0.717, 1.165) is 52.5 Å². The quantitative estimate of drug-likeness (QED) is 0.0940. The molecule has 3 aromatic heterocycles. The van der Waals surface area contributed by atoms with E-state index in [1.165, 1.54) is 47.6 Å². The van der Waals surface area contributed by atoms with Crippen LogP contribution in [0.3, 0.4) is 0 Å². The number of carbonyl (C=O) groups is 1. The second-order valence-electron chi connectivity index (χ2n) is 15.0. The van der Waals surface area contributed by atoms with Crippen molar-refractivity contribution < 1.29 is 30.0 Å². The van der Waals surface area contributed by atoms with Gasteiger partial charge in [0.2, 0.25) is 0 Å². The molecule has 0 aliphatic rings. The van der Waals surface area contributed by atoms with Gasteiger partial charge >= 0.3 is 0 Å². The molecule has 6 rings (SSSR count). The van der Waals surface area contributed by atoms with Crippen molar-refractivity contribution in [3.05, 3.63) is 82.7 Å². The molecule has 0 saturated heterocycles. The van der Waals surface area contributed by atoms with Crippen molar-refractivity contribution in [1.82, 2.24) is 9.97 Å². The van der Waals surface area contributed by atoms with Gasteiger partial charge in [-0.2, -0.15) is 0 Å². The Hall–Kier alpha value is -2.96. The van der Waals surface area contributed by atoms with Crippen molar-refractivity contribution in [1.29, 1.82) is 0 Å². The van der Waals surface area contributed by atoms with Crippen LogP contribution in [0.1, 0.15) is 104 Å². The number of rotatable bonds is 8. The maximum atomic E-state index is 12.2. The zero-order valence-corrected chi connectivity index (χ0v) is 35.5. The summed E-state index contributed by atoms with van der Waals surface area (Å²) in [5, 5.41) is 15.1. The summed E-state index contributed by atoms with van der Waals surface area (Å²) < 4.78 is 3.76. The Bertz CT molecular complexity index is 2190. The van der Waals surface area contributed by atoms with Gasteiger partial charge in [-0.25, -0.2) is 4.98 Å². The molecule has 0 aliphatic carbocycles. The largest absolute Gasteiger partial charge is 0.512 e. The Kier molecular flexibility index (Phi) is 12.2. The van der Waals surface area contributed by atoms with Crippen molar-refractivity contribution in [2.75, 3.05) is 0 Å². The van der Waals surface area contributed by atoms with Crippen molar-refractivity contribution in [2.24, 2.45) is 10.8 Å². The first kappa shape index (κ1) is 39.8. The van der Waals surface area contributed by atoms with E-state index in [9.17, 15) is 9.90 Å². The smallest absolute Gasteiger partial charge is 0.164 e. The number of benzene rings is 3. The monoisotopic (exact) mass is 884 g/mol. The van der Waals surface area contributed by atoms with Crippen molar-refractivity contribution in [2.45, 2.75) is 107 Å². The molecule has 1 N–H and O–H groups in total. The minimum atomic E-state index is -0.337. The Morgan fingerprint density at radius 1 is 0.820 bits per heavy atom. The molecule has 0 aliphatic heterocycles. The number of thiophene rings is 2. The summed E-state index contributed by atoms with van der Waals surface area (Å²) in [7, 11) is 0. The van der Waals surface area contributed by atoms with Crippen LogP contribution in [0.2, 0.25) is 0 Å². The number of aliphatic hydroxyl groups excluding tert-OH is 1. The number of aryl methyl sites for hydroxylation is 2. The molecule has 0 saturated carbocycles. The first-order valence-electron chi connectivity index (χ1n) is 17.6. The molecular weight excluding hydrogens is 833 g/mol. The third-order valence-corrected chi connectivity index (χ3v) is 13.3. The molecule has 50 heavy (non-hydrogen) atoms. The number of nitrogens with zero attached hydrogens (tertiary/aromatic N) is 2. The van der Waals surface area contributed by atoms with E-state index in [2.05, 4.69) is 83.1 Å². The Labute approximate surface area is 319 Å². The number of ketones is 1. The van der Waals surface area contributed by atoms with E-state index in [1.54, 1.807) is 17.7 Å². The summed E-state index contributed by atoms with van der Waals surface area (Å²) in [6.07, 6.45) is 6.46. The van der Waals surface area contributed by atoms with Gasteiger partial charge in [-0.1, -0.05) is 91.5 Å². The van der Waals surface area contributed by atoms with Crippen LogP contribution in [0, 0.1) is 30.7 Å². The van der Waals surface area contributed by atoms with E-state index in [1.807, 2.05) is 52.9 Å². The van der Waals surface area contributed by atoms with Gasteiger partial charge in [-0.3, -0.25) is 9.78 Å². The molecule has 7 heteroatoms. The minimum Gasteiger partial charge on any atom is -0.512 e. The van der Waals surface area contributed by atoms with Gasteiger partial charge in [0, 0.05) is 67.1 Å². The molecule has 0 spiro atoms. The molecule has 3 heterocycles. The number of aromatic nitrogens is 2. The number of aliphatic hydroxyl groups is 1. The Morgan fingerprint density at radius 2 is 1.44 bits per heavy atom. The van der Waals surface area contributed by atoms with Crippen LogP contribution in [-0.2, 0) is 30.3 Å². The van der Waals surface area contributed by atoms with E-state index in [0.29, 0.717) is 0 Å². The fourth-order valence-corrected chi connectivity index (χ4v) is 8.61. The van der Waals surface area contributed by atoms with Gasteiger partial charge < -0.3 is 5.11 Å². The topological polar surface area (TPSA) is 63.1 Å². The molecule has 0 amide bonds. The van der Waals surface area contributed by atoms with Crippen LogP contribution in [0.4, 0.5) is 0 Å². The van der Waals surface area contributed by atoms with Crippen LogP contribution in [0.25, 0.3) is 52.4 Å². The maximum absolute atomic E-state index is 12.2. The number of fused-ring (bicyclic) bond motifs is 5. The second-order valence-corrected chi connectivity index (χ2v) is 17.3. The van der Waals surface area contributed by atoms with Crippen LogP contribution < -0.4 is 0 Å². The average molecular weight is 884 g/mol. The van der Waals surface area contributed by atoms with Crippen molar-refractivity contribution in [3.63, 3.8) is 0 Å². The molecule has 0 atom stereocenters. The van der Waals surface area contributed by atoms with E-state index >= 15 is 0 Å². The predicted octanol–water partition coefficient (Wildman–Crippen LogP) is 13.2. The fraction of sp³-hybridized carbons (Fsp3) is 0.419. The standard InChI is InChI=1S/C28H23N2S2.C15H28O2.Ir/c1-15-16(2)31-23-13-24-21(12-20(15)23)26-27(32-24)25(29-14-30-26)18-10-17-8-6-7-9-19(17)22(11-18)28(3,4)5;1-7-14(5,8-2)12(16)11-13(17)15(6,9-3)10-4;/h6-9,11-14H,1-5H3;11,16H,7-10H2,1-6H3;/q-1;;/b;12-11-;. The first-order chi connectivity index (χ1) is 23.1. The van der Waals surface area contributed by atoms with Crippen LogP contribution in [-0.4, -0.2) is 20.9 Å². The van der Waals surface area contributed by atoms with Gasteiger partial charge in [0.05, 0.1) is 5.52 Å². The van der Waals surface area contributed by atoms with Gasteiger partial charge in [0.1, 0.15) is 12.1 Å².